The number of rotatable bonds is 4. The molecule has 1 aromatic carbocycles. The second-order valence-corrected chi connectivity index (χ2v) is 5.83. The van der Waals surface area contributed by atoms with Crippen LogP contribution in [0.15, 0.2) is 30.3 Å². The van der Waals surface area contributed by atoms with Crippen LogP contribution in [0.4, 0.5) is 0 Å². The Bertz CT molecular complexity index is 482. The van der Waals surface area contributed by atoms with Gasteiger partial charge in [-0.25, -0.2) is 0 Å². The summed E-state index contributed by atoms with van der Waals surface area (Å²) in [5.41, 5.74) is 0.619. The number of benzene rings is 1. The van der Waals surface area contributed by atoms with E-state index in [0.29, 0.717) is 13.1 Å². The van der Waals surface area contributed by atoms with E-state index in [-0.39, 0.29) is 11.8 Å². The Morgan fingerprint density at radius 1 is 1.21 bits per heavy atom. The van der Waals surface area contributed by atoms with Gasteiger partial charge in [0.25, 0.3) is 0 Å². The zero-order chi connectivity index (χ0) is 14.0. The normalized spacial score (nSPS) is 18.4. The van der Waals surface area contributed by atoms with Crippen molar-refractivity contribution in [1.29, 1.82) is 0 Å². The number of nitrogens with zero attached hydrogens (tertiary/aromatic N) is 2. The van der Waals surface area contributed by atoms with E-state index >= 15 is 0 Å². The van der Waals surface area contributed by atoms with Crippen LogP contribution in [0.5, 0.6) is 0 Å². The average molecular weight is 260 g/mol. The van der Waals surface area contributed by atoms with Gasteiger partial charge in [0.2, 0.25) is 11.8 Å². The molecule has 1 aliphatic rings. The Kier molecular flexibility index (Phi) is 3.71. The van der Waals surface area contributed by atoms with Gasteiger partial charge < -0.3 is 0 Å². The number of carbonyl (C=O) groups is 2. The molecule has 2 amide bonds. The fourth-order valence-corrected chi connectivity index (χ4v) is 2.36. The number of carbonyl (C=O) groups excluding carboxylic acids is 2. The van der Waals surface area contributed by atoms with Crippen molar-refractivity contribution in [3.8, 4) is 0 Å². The largest absolute Gasteiger partial charge is 0.284 e. The van der Waals surface area contributed by atoms with E-state index in [1.54, 1.807) is 0 Å². The lowest BCUT2D eigenvalue weighted by atomic mass is 9.92. The smallest absolute Gasteiger partial charge is 0.236 e. The van der Waals surface area contributed by atoms with E-state index in [2.05, 4.69) is 0 Å². The molecule has 4 nitrogen and oxygen atoms in total. The molecule has 0 saturated carbocycles. The summed E-state index contributed by atoms with van der Waals surface area (Å²) in [5.74, 6) is -0.146. The van der Waals surface area contributed by atoms with E-state index in [9.17, 15) is 9.59 Å². The molecular weight excluding hydrogens is 240 g/mol. The van der Waals surface area contributed by atoms with Gasteiger partial charge in [0.1, 0.15) is 0 Å². The first kappa shape index (κ1) is 13.7. The molecule has 0 aromatic heterocycles. The lowest BCUT2D eigenvalue weighted by Crippen LogP contribution is -2.40. The van der Waals surface area contributed by atoms with Gasteiger partial charge in [-0.1, -0.05) is 44.2 Å². The van der Waals surface area contributed by atoms with Crippen molar-refractivity contribution in [2.24, 2.45) is 5.41 Å². The predicted octanol–water partition coefficient (Wildman–Crippen LogP) is 1.86. The van der Waals surface area contributed by atoms with Crippen LogP contribution in [0.2, 0.25) is 0 Å². The molecule has 1 heterocycles. The highest BCUT2D eigenvalue weighted by Gasteiger charge is 2.44. The van der Waals surface area contributed by atoms with Gasteiger partial charge in [-0.15, -0.1) is 0 Å². The number of hydrogen-bond donors (Lipinski definition) is 0. The zero-order valence-corrected chi connectivity index (χ0v) is 11.7. The van der Waals surface area contributed by atoms with Crippen LogP contribution in [-0.2, 0) is 16.1 Å². The lowest BCUT2D eigenvalue weighted by Gasteiger charge is -2.24. The van der Waals surface area contributed by atoms with Crippen LogP contribution in [0.25, 0.3) is 0 Å². The summed E-state index contributed by atoms with van der Waals surface area (Å²) < 4.78 is 0. The second-order valence-electron chi connectivity index (χ2n) is 5.83. The molecular formula is C15H20N2O2. The third-order valence-corrected chi connectivity index (χ3v) is 3.40. The zero-order valence-electron chi connectivity index (χ0n) is 11.7. The number of imide groups is 1. The number of amides is 2. The minimum absolute atomic E-state index is 0.0718. The average Bonchev–Trinajstić information content (AvgIpc) is 2.53. The van der Waals surface area contributed by atoms with E-state index in [1.807, 2.05) is 56.1 Å². The van der Waals surface area contributed by atoms with Crippen LogP contribution in [-0.4, -0.2) is 35.3 Å². The Labute approximate surface area is 114 Å². The molecule has 1 saturated heterocycles. The lowest BCUT2D eigenvalue weighted by molar-refractivity contribution is -0.143. The molecule has 0 spiro atoms. The summed E-state index contributed by atoms with van der Waals surface area (Å²) in [4.78, 5) is 27.3. The Balaban J connectivity index is 1.98. The molecule has 1 aromatic rings. The van der Waals surface area contributed by atoms with Gasteiger partial charge in [0.15, 0.2) is 0 Å². The van der Waals surface area contributed by atoms with E-state index < -0.39 is 5.41 Å². The van der Waals surface area contributed by atoms with Crippen LogP contribution in [0.3, 0.4) is 0 Å². The molecule has 1 fully saturated rings. The molecule has 0 N–H and O–H groups in total. The van der Waals surface area contributed by atoms with Crippen molar-refractivity contribution in [1.82, 2.24) is 9.80 Å². The molecule has 0 atom stereocenters. The van der Waals surface area contributed by atoms with Crippen molar-refractivity contribution >= 4 is 11.8 Å². The topological polar surface area (TPSA) is 40.6 Å². The van der Waals surface area contributed by atoms with E-state index in [0.717, 1.165) is 6.54 Å². The van der Waals surface area contributed by atoms with E-state index in [4.69, 9.17) is 0 Å². The first-order chi connectivity index (χ1) is 8.90. The van der Waals surface area contributed by atoms with Crippen LogP contribution in [0.1, 0.15) is 25.8 Å². The van der Waals surface area contributed by atoms with Crippen LogP contribution >= 0.6 is 0 Å². The molecule has 0 bridgehead atoms. The molecule has 0 aliphatic carbocycles. The highest BCUT2D eigenvalue weighted by Crippen LogP contribution is 2.31. The first-order valence-electron chi connectivity index (χ1n) is 6.47. The fraction of sp³-hybridized carbons (Fsp3) is 0.467. The van der Waals surface area contributed by atoms with Gasteiger partial charge in [-0.2, -0.15) is 0 Å². The monoisotopic (exact) mass is 260 g/mol. The molecule has 4 heteroatoms. The highest BCUT2D eigenvalue weighted by atomic mass is 16.2. The Morgan fingerprint density at radius 3 is 2.37 bits per heavy atom. The Morgan fingerprint density at radius 2 is 1.84 bits per heavy atom. The van der Waals surface area contributed by atoms with Crippen LogP contribution in [0, 0.1) is 5.41 Å². The standard InChI is InChI=1S/C15H20N2O2/c1-15(2)9-13(18)17(14(15)19)11-16(3)10-12-7-5-4-6-8-12/h4-8H,9-11H2,1-3H3. The minimum Gasteiger partial charge on any atom is -0.284 e. The third kappa shape index (κ3) is 3.01. The molecule has 0 radical (unpaired) electrons. The number of likely N-dealkylation sites (tertiary alicyclic amines) is 1. The third-order valence-electron chi connectivity index (χ3n) is 3.40. The molecule has 1 aliphatic heterocycles. The van der Waals surface area contributed by atoms with Crippen molar-refractivity contribution < 1.29 is 9.59 Å². The molecule has 2 rings (SSSR count). The van der Waals surface area contributed by atoms with Gasteiger partial charge in [-0.3, -0.25) is 19.4 Å². The fourth-order valence-electron chi connectivity index (χ4n) is 2.36. The van der Waals surface area contributed by atoms with Gasteiger partial charge in [0, 0.05) is 13.0 Å². The maximum atomic E-state index is 12.1. The molecule has 102 valence electrons. The predicted molar refractivity (Wildman–Crippen MR) is 73.0 cm³/mol. The van der Waals surface area contributed by atoms with Crippen molar-refractivity contribution in [3.63, 3.8) is 0 Å². The first-order valence-corrected chi connectivity index (χ1v) is 6.47. The van der Waals surface area contributed by atoms with Crippen LogP contribution < -0.4 is 0 Å². The minimum atomic E-state index is -0.551. The maximum absolute atomic E-state index is 12.1. The summed E-state index contributed by atoms with van der Waals surface area (Å²) in [6.07, 6.45) is 0.311. The molecule has 19 heavy (non-hydrogen) atoms. The summed E-state index contributed by atoms with van der Waals surface area (Å²) in [6, 6.07) is 10.0. The van der Waals surface area contributed by atoms with Crippen molar-refractivity contribution in [2.75, 3.05) is 13.7 Å². The van der Waals surface area contributed by atoms with Gasteiger partial charge >= 0.3 is 0 Å². The van der Waals surface area contributed by atoms with Crippen molar-refractivity contribution in [3.05, 3.63) is 35.9 Å². The molecule has 0 unspecified atom stereocenters. The van der Waals surface area contributed by atoms with Crippen molar-refractivity contribution in [2.45, 2.75) is 26.8 Å². The SMILES string of the molecule is CN(Cc1ccccc1)CN1C(=O)CC(C)(C)C1=O. The maximum Gasteiger partial charge on any atom is 0.236 e. The van der Waals surface area contributed by atoms with Gasteiger partial charge in [-0.05, 0) is 12.6 Å². The Hall–Kier alpha value is -1.68. The summed E-state index contributed by atoms with van der Waals surface area (Å²) in [7, 11) is 1.92. The summed E-state index contributed by atoms with van der Waals surface area (Å²) in [5, 5.41) is 0. The summed E-state index contributed by atoms with van der Waals surface area (Å²) >= 11 is 0. The van der Waals surface area contributed by atoms with Gasteiger partial charge in [0.05, 0.1) is 12.1 Å². The number of hydrogen-bond acceptors (Lipinski definition) is 3. The highest BCUT2D eigenvalue weighted by molar-refractivity contribution is 6.05. The summed E-state index contributed by atoms with van der Waals surface area (Å²) in [6.45, 7) is 4.73. The van der Waals surface area contributed by atoms with E-state index in [1.165, 1.54) is 10.5 Å². The quantitative estimate of drug-likeness (QED) is 0.776. The second kappa shape index (κ2) is 5.13.